The van der Waals surface area contributed by atoms with Crippen LogP contribution in [0.15, 0.2) is 24.5 Å². The number of carbonyl (C=O) groups excluding carboxylic acids is 1. The highest BCUT2D eigenvalue weighted by Crippen LogP contribution is 2.31. The van der Waals surface area contributed by atoms with E-state index in [1.165, 1.54) is 0 Å². The number of aromatic nitrogens is 1. The lowest BCUT2D eigenvalue weighted by atomic mass is 9.77. The number of carbonyl (C=O) groups is 1. The number of aryl methyl sites for hydroxylation is 1. The molecule has 0 saturated heterocycles. The Kier molecular flexibility index (Phi) is 3.74. The van der Waals surface area contributed by atoms with Crippen molar-refractivity contribution in [2.75, 3.05) is 6.61 Å². The number of aliphatic hydroxyl groups is 1. The molecular formula is C13H18N2O2. The lowest BCUT2D eigenvalue weighted by Gasteiger charge is -2.41. The number of nitrogens with zero attached hydrogens (tertiary/aromatic N) is 1. The third-order valence-corrected chi connectivity index (χ3v) is 3.38. The summed E-state index contributed by atoms with van der Waals surface area (Å²) in [7, 11) is 0. The first-order valence-electron chi connectivity index (χ1n) is 6.05. The molecule has 0 unspecified atom stereocenters. The zero-order chi connectivity index (χ0) is 12.1. The summed E-state index contributed by atoms with van der Waals surface area (Å²) in [6, 6.07) is 3.83. The van der Waals surface area contributed by atoms with Gasteiger partial charge in [0.25, 0.3) is 0 Å². The first kappa shape index (κ1) is 12.0. The van der Waals surface area contributed by atoms with Crippen molar-refractivity contribution in [3.05, 3.63) is 30.1 Å². The Morgan fingerprint density at radius 1 is 1.53 bits per heavy atom. The van der Waals surface area contributed by atoms with Gasteiger partial charge in [-0.1, -0.05) is 6.07 Å². The van der Waals surface area contributed by atoms with Gasteiger partial charge in [-0.2, -0.15) is 0 Å². The van der Waals surface area contributed by atoms with Crippen LogP contribution in [0.2, 0.25) is 0 Å². The van der Waals surface area contributed by atoms with Gasteiger partial charge in [0, 0.05) is 18.8 Å². The van der Waals surface area contributed by atoms with Gasteiger partial charge in [-0.05, 0) is 37.3 Å². The molecule has 1 aromatic rings. The van der Waals surface area contributed by atoms with E-state index in [0.29, 0.717) is 12.8 Å². The van der Waals surface area contributed by atoms with Crippen molar-refractivity contribution >= 4 is 5.91 Å². The van der Waals surface area contributed by atoms with E-state index in [1.54, 1.807) is 12.4 Å². The molecule has 0 spiro atoms. The van der Waals surface area contributed by atoms with Gasteiger partial charge >= 0.3 is 0 Å². The van der Waals surface area contributed by atoms with Gasteiger partial charge in [0.15, 0.2) is 0 Å². The van der Waals surface area contributed by atoms with E-state index in [4.69, 9.17) is 0 Å². The summed E-state index contributed by atoms with van der Waals surface area (Å²) < 4.78 is 0. The maximum Gasteiger partial charge on any atom is 0.220 e. The van der Waals surface area contributed by atoms with Crippen LogP contribution >= 0.6 is 0 Å². The molecule has 92 valence electrons. The highest BCUT2D eigenvalue weighted by atomic mass is 16.3. The monoisotopic (exact) mass is 234 g/mol. The van der Waals surface area contributed by atoms with Crippen molar-refractivity contribution in [1.29, 1.82) is 0 Å². The molecule has 1 saturated carbocycles. The number of nitrogens with one attached hydrogen (secondary N) is 1. The number of amides is 1. The summed E-state index contributed by atoms with van der Waals surface area (Å²) in [4.78, 5) is 15.8. The van der Waals surface area contributed by atoms with Crippen LogP contribution in [0.3, 0.4) is 0 Å². The van der Waals surface area contributed by atoms with Crippen LogP contribution in [0.5, 0.6) is 0 Å². The molecule has 17 heavy (non-hydrogen) atoms. The van der Waals surface area contributed by atoms with Crippen molar-refractivity contribution < 1.29 is 9.90 Å². The maximum absolute atomic E-state index is 11.7. The molecule has 0 aromatic carbocycles. The molecule has 2 N–H and O–H groups in total. The zero-order valence-electron chi connectivity index (χ0n) is 9.85. The van der Waals surface area contributed by atoms with E-state index >= 15 is 0 Å². The van der Waals surface area contributed by atoms with E-state index in [2.05, 4.69) is 10.3 Å². The van der Waals surface area contributed by atoms with Crippen molar-refractivity contribution in [2.24, 2.45) is 0 Å². The van der Waals surface area contributed by atoms with Gasteiger partial charge < -0.3 is 10.4 Å². The molecule has 1 aliphatic rings. The standard InChI is InChI=1S/C13H18N2O2/c16-10-13(6-2-7-13)15-12(17)5-4-11-3-1-8-14-9-11/h1,3,8-9,16H,2,4-7,10H2,(H,15,17). The topological polar surface area (TPSA) is 62.2 Å². The van der Waals surface area contributed by atoms with Crippen LogP contribution in [0.25, 0.3) is 0 Å². The predicted octanol–water partition coefficient (Wildman–Crippen LogP) is 1.05. The maximum atomic E-state index is 11.7. The van der Waals surface area contributed by atoms with Crippen molar-refractivity contribution in [1.82, 2.24) is 10.3 Å². The van der Waals surface area contributed by atoms with Gasteiger partial charge in [0.2, 0.25) is 5.91 Å². The van der Waals surface area contributed by atoms with E-state index in [9.17, 15) is 9.90 Å². The molecule has 0 radical (unpaired) electrons. The molecule has 0 bridgehead atoms. The molecule has 4 heteroatoms. The average molecular weight is 234 g/mol. The molecule has 1 heterocycles. The quantitative estimate of drug-likeness (QED) is 0.800. The summed E-state index contributed by atoms with van der Waals surface area (Å²) in [6.07, 6.45) is 7.51. The fourth-order valence-electron chi connectivity index (χ4n) is 2.09. The molecular weight excluding hydrogens is 216 g/mol. The Morgan fingerprint density at radius 3 is 2.88 bits per heavy atom. The van der Waals surface area contributed by atoms with Crippen molar-refractivity contribution in [2.45, 2.75) is 37.6 Å². The minimum absolute atomic E-state index is 0.0163. The molecule has 1 fully saturated rings. The van der Waals surface area contributed by atoms with Gasteiger partial charge in [0.1, 0.15) is 0 Å². The van der Waals surface area contributed by atoms with Gasteiger partial charge in [0.05, 0.1) is 12.1 Å². The van der Waals surface area contributed by atoms with Crippen LogP contribution in [0, 0.1) is 0 Å². The lowest BCUT2D eigenvalue weighted by molar-refractivity contribution is -0.125. The molecule has 1 amide bonds. The Labute approximate surface area is 101 Å². The SMILES string of the molecule is O=C(CCc1cccnc1)NC1(CO)CCC1. The Bertz CT molecular complexity index is 369. The highest BCUT2D eigenvalue weighted by molar-refractivity contribution is 5.77. The molecule has 1 aliphatic carbocycles. The third kappa shape index (κ3) is 3.03. The van der Waals surface area contributed by atoms with E-state index in [-0.39, 0.29) is 18.1 Å². The Hall–Kier alpha value is -1.42. The highest BCUT2D eigenvalue weighted by Gasteiger charge is 2.37. The number of hydrogen-bond donors (Lipinski definition) is 2. The van der Waals surface area contributed by atoms with Crippen LogP contribution in [-0.4, -0.2) is 28.1 Å². The van der Waals surface area contributed by atoms with Crippen molar-refractivity contribution in [3.63, 3.8) is 0 Å². The minimum atomic E-state index is -0.327. The Morgan fingerprint density at radius 2 is 2.35 bits per heavy atom. The fraction of sp³-hybridized carbons (Fsp3) is 0.538. The van der Waals surface area contributed by atoms with Crippen molar-refractivity contribution in [3.8, 4) is 0 Å². The molecule has 1 aromatic heterocycles. The number of pyridine rings is 1. The molecule has 4 nitrogen and oxygen atoms in total. The van der Waals surface area contributed by atoms with Gasteiger partial charge in [-0.3, -0.25) is 9.78 Å². The summed E-state index contributed by atoms with van der Waals surface area (Å²) in [5.41, 5.74) is 0.737. The van der Waals surface area contributed by atoms with E-state index in [1.807, 2.05) is 12.1 Å². The summed E-state index contributed by atoms with van der Waals surface area (Å²) in [5, 5.41) is 12.2. The largest absolute Gasteiger partial charge is 0.394 e. The van der Waals surface area contributed by atoms with Gasteiger partial charge in [-0.25, -0.2) is 0 Å². The van der Waals surface area contributed by atoms with Crippen LogP contribution in [0.4, 0.5) is 0 Å². The summed E-state index contributed by atoms with van der Waals surface area (Å²) in [6.45, 7) is 0.0473. The predicted molar refractivity (Wildman–Crippen MR) is 64.4 cm³/mol. The third-order valence-electron chi connectivity index (χ3n) is 3.38. The van der Waals surface area contributed by atoms with Gasteiger partial charge in [-0.15, -0.1) is 0 Å². The van der Waals surface area contributed by atoms with Crippen LogP contribution in [-0.2, 0) is 11.2 Å². The second-order valence-corrected chi connectivity index (χ2v) is 4.70. The van der Waals surface area contributed by atoms with Crippen LogP contribution < -0.4 is 5.32 Å². The number of aliphatic hydroxyl groups excluding tert-OH is 1. The minimum Gasteiger partial charge on any atom is -0.394 e. The van der Waals surface area contributed by atoms with Crippen LogP contribution in [0.1, 0.15) is 31.2 Å². The Balaban J connectivity index is 1.78. The normalized spacial score (nSPS) is 17.2. The number of hydrogen-bond acceptors (Lipinski definition) is 3. The second-order valence-electron chi connectivity index (χ2n) is 4.70. The number of rotatable bonds is 5. The zero-order valence-corrected chi connectivity index (χ0v) is 9.85. The lowest BCUT2D eigenvalue weighted by Crippen LogP contribution is -2.56. The van der Waals surface area contributed by atoms with E-state index in [0.717, 1.165) is 24.8 Å². The first-order chi connectivity index (χ1) is 8.24. The summed E-state index contributed by atoms with van der Waals surface area (Å²) in [5.74, 6) is 0.0163. The van der Waals surface area contributed by atoms with E-state index < -0.39 is 0 Å². The smallest absolute Gasteiger partial charge is 0.220 e. The molecule has 0 aliphatic heterocycles. The fourth-order valence-corrected chi connectivity index (χ4v) is 2.09. The molecule has 2 rings (SSSR count). The molecule has 0 atom stereocenters. The first-order valence-corrected chi connectivity index (χ1v) is 6.05. The average Bonchev–Trinajstić information content (AvgIpc) is 2.33. The summed E-state index contributed by atoms with van der Waals surface area (Å²) >= 11 is 0. The second kappa shape index (κ2) is 5.27.